The molecule has 1 aromatic rings. The lowest BCUT2D eigenvalue weighted by molar-refractivity contribution is -0.0337. The van der Waals surface area contributed by atoms with Crippen molar-refractivity contribution in [2.45, 2.75) is 44.9 Å². The highest BCUT2D eigenvalue weighted by Crippen LogP contribution is 2.27. The van der Waals surface area contributed by atoms with Gasteiger partial charge in [0.15, 0.2) is 0 Å². The van der Waals surface area contributed by atoms with Crippen molar-refractivity contribution in [3.05, 3.63) is 28.8 Å². The fourth-order valence-corrected chi connectivity index (χ4v) is 2.84. The molecule has 0 spiro atoms. The van der Waals surface area contributed by atoms with Crippen molar-refractivity contribution in [3.8, 4) is 0 Å². The van der Waals surface area contributed by atoms with E-state index in [-0.39, 0.29) is 24.2 Å². The molecule has 1 saturated heterocycles. The van der Waals surface area contributed by atoms with Gasteiger partial charge in [-0.05, 0) is 44.9 Å². The van der Waals surface area contributed by atoms with Crippen LogP contribution in [0.15, 0.2) is 18.2 Å². The second-order valence-electron chi connectivity index (χ2n) is 5.25. The fraction of sp³-hybridized carbons (Fsp3) is 0.533. The maximum Gasteiger partial charge on any atom is 0.339 e. The van der Waals surface area contributed by atoms with Crippen LogP contribution in [0.2, 0.25) is 5.02 Å². The molecule has 5 heteroatoms. The predicted molar refractivity (Wildman–Crippen MR) is 79.4 cm³/mol. The standard InChI is InChI=1S/C15H20ClNO3/c1-9-6-12(7-10(2)20-9)17-14-8-11(16)4-5-13(14)15(18)19-3/h4-5,8-10,12,17H,6-7H2,1-3H3. The normalized spacial score (nSPS) is 26.1. The molecule has 0 aromatic heterocycles. The van der Waals surface area contributed by atoms with Crippen molar-refractivity contribution in [2.24, 2.45) is 0 Å². The Kier molecular flexibility index (Phi) is 4.89. The van der Waals surface area contributed by atoms with Gasteiger partial charge in [0, 0.05) is 11.1 Å². The highest BCUT2D eigenvalue weighted by atomic mass is 35.5. The van der Waals surface area contributed by atoms with E-state index in [4.69, 9.17) is 21.1 Å². The zero-order chi connectivity index (χ0) is 14.7. The zero-order valence-electron chi connectivity index (χ0n) is 12.0. The topological polar surface area (TPSA) is 47.6 Å². The first-order chi connectivity index (χ1) is 9.49. The highest BCUT2D eigenvalue weighted by molar-refractivity contribution is 6.31. The van der Waals surface area contributed by atoms with Gasteiger partial charge in [0.05, 0.1) is 30.6 Å². The molecule has 0 radical (unpaired) electrons. The summed E-state index contributed by atoms with van der Waals surface area (Å²) in [5, 5.41) is 3.99. The number of hydrogen-bond donors (Lipinski definition) is 1. The predicted octanol–water partition coefficient (Wildman–Crippen LogP) is 3.49. The molecule has 2 atom stereocenters. The Hall–Kier alpha value is -1.26. The molecular formula is C15H20ClNO3. The lowest BCUT2D eigenvalue weighted by Crippen LogP contribution is -2.37. The molecule has 1 aliphatic rings. The fourth-order valence-electron chi connectivity index (χ4n) is 2.67. The minimum Gasteiger partial charge on any atom is -0.465 e. The van der Waals surface area contributed by atoms with Gasteiger partial charge in [0.25, 0.3) is 0 Å². The number of hydrogen-bond acceptors (Lipinski definition) is 4. The number of carbonyl (C=O) groups excluding carboxylic acids is 1. The van der Waals surface area contributed by atoms with E-state index in [1.165, 1.54) is 7.11 Å². The van der Waals surface area contributed by atoms with Crippen molar-refractivity contribution in [3.63, 3.8) is 0 Å². The Morgan fingerprint density at radius 1 is 1.35 bits per heavy atom. The van der Waals surface area contributed by atoms with Crippen LogP contribution in [0.3, 0.4) is 0 Å². The first-order valence-electron chi connectivity index (χ1n) is 6.79. The van der Waals surface area contributed by atoms with Crippen LogP contribution in [0.25, 0.3) is 0 Å². The van der Waals surface area contributed by atoms with E-state index in [2.05, 4.69) is 19.2 Å². The number of halogens is 1. The van der Waals surface area contributed by atoms with E-state index in [9.17, 15) is 4.79 Å². The van der Waals surface area contributed by atoms with Crippen molar-refractivity contribution in [1.29, 1.82) is 0 Å². The number of benzene rings is 1. The summed E-state index contributed by atoms with van der Waals surface area (Å²) in [6.07, 6.45) is 2.21. The first kappa shape index (κ1) is 15.1. The van der Waals surface area contributed by atoms with E-state index in [1.54, 1.807) is 18.2 Å². The summed E-state index contributed by atoms with van der Waals surface area (Å²) < 4.78 is 10.5. The average molecular weight is 298 g/mol. The van der Waals surface area contributed by atoms with Crippen LogP contribution in [-0.4, -0.2) is 31.3 Å². The monoisotopic (exact) mass is 297 g/mol. The number of nitrogens with one attached hydrogen (secondary N) is 1. The van der Waals surface area contributed by atoms with Crippen LogP contribution in [0.1, 0.15) is 37.0 Å². The van der Waals surface area contributed by atoms with Crippen LogP contribution in [-0.2, 0) is 9.47 Å². The Labute approximate surface area is 124 Å². The third-order valence-corrected chi connectivity index (χ3v) is 3.68. The summed E-state index contributed by atoms with van der Waals surface area (Å²) in [6.45, 7) is 4.12. The highest BCUT2D eigenvalue weighted by Gasteiger charge is 2.25. The average Bonchev–Trinajstić information content (AvgIpc) is 2.37. The van der Waals surface area contributed by atoms with Crippen molar-refractivity contribution in [2.75, 3.05) is 12.4 Å². The molecule has 0 saturated carbocycles. The molecule has 0 bridgehead atoms. The minimum absolute atomic E-state index is 0.206. The van der Waals surface area contributed by atoms with Gasteiger partial charge in [-0.3, -0.25) is 0 Å². The van der Waals surface area contributed by atoms with Gasteiger partial charge >= 0.3 is 5.97 Å². The van der Waals surface area contributed by atoms with Crippen LogP contribution < -0.4 is 5.32 Å². The molecule has 1 fully saturated rings. The molecule has 1 heterocycles. The molecule has 4 nitrogen and oxygen atoms in total. The van der Waals surface area contributed by atoms with Gasteiger partial charge in [0.2, 0.25) is 0 Å². The number of anilines is 1. The van der Waals surface area contributed by atoms with Gasteiger partial charge < -0.3 is 14.8 Å². The van der Waals surface area contributed by atoms with Crippen LogP contribution in [0, 0.1) is 0 Å². The molecule has 1 aliphatic heterocycles. The summed E-state index contributed by atoms with van der Waals surface area (Å²) >= 11 is 6.02. The first-order valence-corrected chi connectivity index (χ1v) is 7.17. The Balaban J connectivity index is 2.19. The second-order valence-corrected chi connectivity index (χ2v) is 5.69. The smallest absolute Gasteiger partial charge is 0.339 e. The second kappa shape index (κ2) is 6.46. The quantitative estimate of drug-likeness (QED) is 0.868. The molecule has 2 unspecified atom stereocenters. The molecule has 110 valence electrons. The van der Waals surface area contributed by atoms with Crippen LogP contribution in [0.4, 0.5) is 5.69 Å². The van der Waals surface area contributed by atoms with Crippen LogP contribution >= 0.6 is 11.6 Å². The number of carbonyl (C=O) groups is 1. The number of rotatable bonds is 3. The third-order valence-electron chi connectivity index (χ3n) is 3.44. The third kappa shape index (κ3) is 3.64. The summed E-state index contributed by atoms with van der Waals surface area (Å²) in [4.78, 5) is 11.8. The van der Waals surface area contributed by atoms with E-state index in [1.807, 2.05) is 0 Å². The van der Waals surface area contributed by atoms with Gasteiger partial charge in [-0.2, -0.15) is 0 Å². The largest absolute Gasteiger partial charge is 0.465 e. The number of esters is 1. The Morgan fingerprint density at radius 2 is 2.00 bits per heavy atom. The summed E-state index contributed by atoms with van der Waals surface area (Å²) in [5.41, 5.74) is 1.22. The van der Waals surface area contributed by atoms with Crippen molar-refractivity contribution in [1.82, 2.24) is 0 Å². The van der Waals surface area contributed by atoms with E-state index in [0.717, 1.165) is 18.5 Å². The molecular weight excluding hydrogens is 278 g/mol. The van der Waals surface area contributed by atoms with Gasteiger partial charge in [-0.1, -0.05) is 11.6 Å². The van der Waals surface area contributed by atoms with Gasteiger partial charge in [-0.25, -0.2) is 4.79 Å². The summed E-state index contributed by atoms with van der Waals surface area (Å²) in [6, 6.07) is 5.39. The van der Waals surface area contributed by atoms with Crippen molar-refractivity contribution < 1.29 is 14.3 Å². The molecule has 1 N–H and O–H groups in total. The Morgan fingerprint density at radius 3 is 2.60 bits per heavy atom. The van der Waals surface area contributed by atoms with E-state index in [0.29, 0.717) is 10.6 Å². The van der Waals surface area contributed by atoms with Crippen molar-refractivity contribution >= 4 is 23.3 Å². The van der Waals surface area contributed by atoms with Crippen LogP contribution in [0.5, 0.6) is 0 Å². The minimum atomic E-state index is -0.364. The lowest BCUT2D eigenvalue weighted by atomic mass is 9.99. The van der Waals surface area contributed by atoms with Gasteiger partial charge in [-0.15, -0.1) is 0 Å². The summed E-state index contributed by atoms with van der Waals surface area (Å²) in [5.74, 6) is -0.364. The molecule has 0 amide bonds. The molecule has 20 heavy (non-hydrogen) atoms. The molecule has 0 aliphatic carbocycles. The van der Waals surface area contributed by atoms with E-state index < -0.39 is 0 Å². The molecule has 1 aromatic carbocycles. The molecule has 2 rings (SSSR count). The maximum absolute atomic E-state index is 11.8. The SMILES string of the molecule is COC(=O)c1ccc(Cl)cc1NC1CC(C)OC(C)C1. The maximum atomic E-state index is 11.8. The number of ether oxygens (including phenoxy) is 2. The summed E-state index contributed by atoms with van der Waals surface area (Å²) in [7, 11) is 1.37. The van der Waals surface area contributed by atoms with E-state index >= 15 is 0 Å². The van der Waals surface area contributed by atoms with Gasteiger partial charge in [0.1, 0.15) is 0 Å². The lowest BCUT2D eigenvalue weighted by Gasteiger charge is -2.33. The number of methoxy groups -OCH3 is 1. The Bertz CT molecular complexity index is 482. The zero-order valence-corrected chi connectivity index (χ0v) is 12.7.